The van der Waals surface area contributed by atoms with Crippen LogP contribution in [0.4, 0.5) is 4.39 Å². The molecule has 0 fully saturated rings. The molecule has 0 amide bonds. The monoisotopic (exact) mass is 342 g/mol. The predicted molar refractivity (Wildman–Crippen MR) is 102 cm³/mol. The van der Waals surface area contributed by atoms with Gasteiger partial charge >= 0.3 is 0 Å². The van der Waals surface area contributed by atoms with Crippen LogP contribution in [0.15, 0.2) is 53.5 Å². The van der Waals surface area contributed by atoms with Crippen molar-refractivity contribution < 1.29 is 4.39 Å². The molecule has 134 valence electrons. The summed E-state index contributed by atoms with van der Waals surface area (Å²) in [6, 6.07) is 15.0. The van der Waals surface area contributed by atoms with Crippen molar-refractivity contribution in [1.29, 1.82) is 0 Å². The first kappa shape index (κ1) is 18.9. The first-order valence-electron chi connectivity index (χ1n) is 8.56. The second kappa shape index (κ2) is 9.79. The zero-order valence-corrected chi connectivity index (χ0v) is 15.2. The third kappa shape index (κ3) is 6.55. The van der Waals surface area contributed by atoms with Crippen LogP contribution in [0.2, 0.25) is 0 Å². The number of guanidine groups is 1. The average Bonchev–Trinajstić information content (AvgIpc) is 2.63. The highest BCUT2D eigenvalue weighted by atomic mass is 19.1. The Morgan fingerprint density at radius 3 is 2.28 bits per heavy atom. The van der Waals surface area contributed by atoms with E-state index in [-0.39, 0.29) is 5.82 Å². The van der Waals surface area contributed by atoms with E-state index in [4.69, 9.17) is 0 Å². The van der Waals surface area contributed by atoms with Crippen LogP contribution in [-0.2, 0) is 19.6 Å². The van der Waals surface area contributed by atoms with Crippen molar-refractivity contribution in [1.82, 2.24) is 15.5 Å². The maximum atomic E-state index is 12.9. The van der Waals surface area contributed by atoms with Gasteiger partial charge in [0.1, 0.15) is 5.82 Å². The number of nitrogens with one attached hydrogen (secondary N) is 2. The van der Waals surface area contributed by atoms with E-state index in [1.54, 1.807) is 19.2 Å². The van der Waals surface area contributed by atoms with Crippen LogP contribution in [0.5, 0.6) is 0 Å². The third-order valence-electron chi connectivity index (χ3n) is 4.04. The number of nitrogens with zero attached hydrogens (tertiary/aromatic N) is 2. The second-order valence-electron chi connectivity index (χ2n) is 6.06. The van der Waals surface area contributed by atoms with Crippen molar-refractivity contribution in [3.8, 4) is 0 Å². The van der Waals surface area contributed by atoms with Crippen LogP contribution < -0.4 is 10.6 Å². The van der Waals surface area contributed by atoms with E-state index in [2.05, 4.69) is 58.8 Å². The maximum Gasteiger partial charge on any atom is 0.191 e. The number of hydrogen-bond donors (Lipinski definition) is 2. The fourth-order valence-corrected chi connectivity index (χ4v) is 2.46. The van der Waals surface area contributed by atoms with Crippen LogP contribution in [0.3, 0.4) is 0 Å². The zero-order chi connectivity index (χ0) is 18.1. The molecule has 0 aliphatic rings. The summed E-state index contributed by atoms with van der Waals surface area (Å²) in [6.07, 6.45) is 0. The lowest BCUT2D eigenvalue weighted by Crippen LogP contribution is -2.36. The van der Waals surface area contributed by atoms with E-state index in [0.29, 0.717) is 13.1 Å². The highest BCUT2D eigenvalue weighted by Crippen LogP contribution is 2.07. The number of halogens is 1. The molecule has 0 saturated carbocycles. The average molecular weight is 342 g/mol. The summed E-state index contributed by atoms with van der Waals surface area (Å²) in [5.74, 6) is 0.500. The molecule has 0 saturated heterocycles. The van der Waals surface area contributed by atoms with Gasteiger partial charge < -0.3 is 15.5 Å². The Morgan fingerprint density at radius 1 is 1.00 bits per heavy atom. The Morgan fingerprint density at radius 2 is 1.64 bits per heavy atom. The van der Waals surface area contributed by atoms with Crippen LogP contribution in [-0.4, -0.2) is 31.5 Å². The van der Waals surface area contributed by atoms with Crippen molar-refractivity contribution in [3.63, 3.8) is 0 Å². The number of rotatable bonds is 7. The van der Waals surface area contributed by atoms with Gasteiger partial charge in [0.15, 0.2) is 5.96 Å². The van der Waals surface area contributed by atoms with Crippen molar-refractivity contribution in [3.05, 3.63) is 71.0 Å². The number of benzene rings is 2. The van der Waals surface area contributed by atoms with Crippen molar-refractivity contribution in [2.45, 2.75) is 26.6 Å². The van der Waals surface area contributed by atoms with Crippen molar-refractivity contribution in [2.75, 3.05) is 20.6 Å². The summed E-state index contributed by atoms with van der Waals surface area (Å²) < 4.78 is 12.9. The minimum atomic E-state index is -0.222. The first-order valence-corrected chi connectivity index (χ1v) is 8.56. The van der Waals surface area contributed by atoms with Crippen LogP contribution >= 0.6 is 0 Å². The Bertz CT molecular complexity index is 682. The molecule has 25 heavy (non-hydrogen) atoms. The number of hydrogen-bond acceptors (Lipinski definition) is 2. The standard InChI is InChI=1S/C20H27FN4/c1-4-25(3)15-18-7-5-6-17(12-18)14-24-20(22-2)23-13-16-8-10-19(21)11-9-16/h5-12H,4,13-15H2,1-3H3,(H2,22,23,24). The largest absolute Gasteiger partial charge is 0.352 e. The molecule has 0 aliphatic carbocycles. The molecule has 0 unspecified atom stereocenters. The van der Waals surface area contributed by atoms with Gasteiger partial charge in [-0.3, -0.25) is 4.99 Å². The van der Waals surface area contributed by atoms with Gasteiger partial charge in [-0.15, -0.1) is 0 Å². The molecule has 2 rings (SSSR count). The first-order chi connectivity index (χ1) is 12.1. The van der Waals surface area contributed by atoms with Crippen molar-refractivity contribution >= 4 is 5.96 Å². The summed E-state index contributed by atoms with van der Waals surface area (Å²) in [4.78, 5) is 6.51. The van der Waals surface area contributed by atoms with Gasteiger partial charge in [0.25, 0.3) is 0 Å². The third-order valence-corrected chi connectivity index (χ3v) is 4.04. The van der Waals surface area contributed by atoms with E-state index in [1.807, 2.05) is 0 Å². The van der Waals surface area contributed by atoms with Crippen LogP contribution in [0.25, 0.3) is 0 Å². The lowest BCUT2D eigenvalue weighted by Gasteiger charge is -2.15. The summed E-state index contributed by atoms with van der Waals surface area (Å²) in [7, 11) is 3.86. The molecule has 2 N–H and O–H groups in total. The summed E-state index contributed by atoms with van der Waals surface area (Å²) in [5.41, 5.74) is 3.53. The van der Waals surface area contributed by atoms with Gasteiger partial charge in [0, 0.05) is 26.7 Å². The molecule has 0 atom stereocenters. The lowest BCUT2D eigenvalue weighted by atomic mass is 10.1. The fourth-order valence-electron chi connectivity index (χ4n) is 2.46. The van der Waals surface area contributed by atoms with E-state index in [9.17, 15) is 4.39 Å². The molecule has 2 aromatic rings. The van der Waals surface area contributed by atoms with Crippen LogP contribution in [0, 0.1) is 5.82 Å². The second-order valence-corrected chi connectivity index (χ2v) is 6.06. The van der Waals surface area contributed by atoms with Gasteiger partial charge in [0.05, 0.1) is 0 Å². The molecule has 4 nitrogen and oxygen atoms in total. The molecule has 0 aliphatic heterocycles. The lowest BCUT2D eigenvalue weighted by molar-refractivity contribution is 0.345. The minimum Gasteiger partial charge on any atom is -0.352 e. The summed E-state index contributed by atoms with van der Waals surface area (Å²) in [5, 5.41) is 6.55. The van der Waals surface area contributed by atoms with Gasteiger partial charge in [-0.05, 0) is 42.4 Å². The van der Waals surface area contributed by atoms with Crippen LogP contribution in [0.1, 0.15) is 23.6 Å². The molecule has 0 radical (unpaired) electrons. The Hall–Kier alpha value is -2.40. The zero-order valence-electron chi connectivity index (χ0n) is 15.2. The Balaban J connectivity index is 1.86. The predicted octanol–water partition coefficient (Wildman–Crippen LogP) is 3.14. The molecule has 0 spiro atoms. The topological polar surface area (TPSA) is 39.7 Å². The molecule has 0 bridgehead atoms. The SMILES string of the molecule is CCN(C)Cc1cccc(CNC(=NC)NCc2ccc(F)cc2)c1. The normalized spacial score (nSPS) is 11.6. The molecule has 2 aromatic carbocycles. The minimum absolute atomic E-state index is 0.222. The molecule has 0 aromatic heterocycles. The van der Waals surface area contributed by atoms with Gasteiger partial charge in [-0.1, -0.05) is 43.3 Å². The van der Waals surface area contributed by atoms with E-state index < -0.39 is 0 Å². The van der Waals surface area contributed by atoms with Gasteiger partial charge in [-0.25, -0.2) is 4.39 Å². The fraction of sp³-hybridized carbons (Fsp3) is 0.350. The van der Waals surface area contributed by atoms with Gasteiger partial charge in [0.2, 0.25) is 0 Å². The van der Waals surface area contributed by atoms with E-state index in [1.165, 1.54) is 23.3 Å². The molecule has 0 heterocycles. The summed E-state index contributed by atoms with van der Waals surface area (Å²) >= 11 is 0. The maximum absolute atomic E-state index is 12.9. The molecule has 5 heteroatoms. The Labute approximate surface area is 149 Å². The smallest absolute Gasteiger partial charge is 0.191 e. The highest BCUT2D eigenvalue weighted by Gasteiger charge is 2.02. The number of aliphatic imine (C=N–C) groups is 1. The highest BCUT2D eigenvalue weighted by molar-refractivity contribution is 5.79. The van der Waals surface area contributed by atoms with Crippen molar-refractivity contribution in [2.24, 2.45) is 4.99 Å². The van der Waals surface area contributed by atoms with Gasteiger partial charge in [-0.2, -0.15) is 0 Å². The molecular weight excluding hydrogens is 315 g/mol. The summed E-state index contributed by atoms with van der Waals surface area (Å²) in [6.45, 7) is 5.43. The van der Waals surface area contributed by atoms with E-state index in [0.717, 1.165) is 24.6 Å². The van der Waals surface area contributed by atoms with E-state index >= 15 is 0 Å². The molecular formula is C20H27FN4. The Kier molecular flexibility index (Phi) is 7.41. The quantitative estimate of drug-likeness (QED) is 0.600.